The van der Waals surface area contributed by atoms with E-state index >= 15 is 0 Å². The molecule has 0 saturated heterocycles. The molecule has 4 rings (SSSR count). The van der Waals surface area contributed by atoms with Gasteiger partial charge in [-0.2, -0.15) is 0 Å². The number of aromatic nitrogens is 3. The van der Waals surface area contributed by atoms with Crippen molar-refractivity contribution in [3.8, 4) is 11.3 Å². The molecule has 0 radical (unpaired) electrons. The molecule has 28 heavy (non-hydrogen) atoms. The summed E-state index contributed by atoms with van der Waals surface area (Å²) in [5.41, 5.74) is 7.78. The van der Waals surface area contributed by atoms with E-state index in [1.54, 1.807) is 0 Å². The minimum atomic E-state index is -0.328. The van der Waals surface area contributed by atoms with E-state index in [1.807, 2.05) is 30.3 Å². The number of hydrogen-bond donors (Lipinski definition) is 2. The van der Waals surface area contributed by atoms with Crippen LogP contribution in [-0.2, 0) is 0 Å². The molecule has 2 aromatic heterocycles. The number of azo groups is 1. The molecular formula is C18H11Cl3N6O. The molecule has 0 aliphatic heterocycles. The lowest BCUT2D eigenvalue weighted by atomic mass is 10.1. The van der Waals surface area contributed by atoms with Gasteiger partial charge in [0.1, 0.15) is 5.69 Å². The second-order valence-corrected chi connectivity index (χ2v) is 7.05. The number of nitrogens with two attached hydrogens (primary N) is 1. The molecule has 0 atom stereocenters. The second kappa shape index (κ2) is 7.27. The van der Waals surface area contributed by atoms with E-state index in [0.29, 0.717) is 16.4 Å². The van der Waals surface area contributed by atoms with E-state index in [1.165, 1.54) is 22.7 Å². The lowest BCUT2D eigenvalue weighted by Gasteiger charge is -2.04. The van der Waals surface area contributed by atoms with E-state index < -0.39 is 0 Å². The monoisotopic (exact) mass is 432 g/mol. The van der Waals surface area contributed by atoms with Crippen LogP contribution in [0.3, 0.4) is 0 Å². The predicted octanol–water partition coefficient (Wildman–Crippen LogP) is 5.65. The van der Waals surface area contributed by atoms with Crippen molar-refractivity contribution in [2.45, 2.75) is 0 Å². The first kappa shape index (κ1) is 18.5. The molecule has 3 N–H and O–H groups in total. The van der Waals surface area contributed by atoms with Crippen molar-refractivity contribution >= 4 is 57.6 Å². The third-order valence-corrected chi connectivity index (χ3v) is 4.72. The van der Waals surface area contributed by atoms with Crippen molar-refractivity contribution in [2.24, 2.45) is 10.2 Å². The number of fused-ring (bicyclic) bond motifs is 1. The maximum absolute atomic E-state index is 12.2. The van der Waals surface area contributed by atoms with E-state index in [4.69, 9.17) is 40.5 Å². The standard InChI is InChI=1S/C18H11Cl3N6O/c19-10-6-11(20)15(12(21)7-10)24-25-16-17(22)26-27-13(8-14(28)23-18(16)27)9-4-2-1-3-5-9/h1-8H,(H2,22,26)(H,23,28). The lowest BCUT2D eigenvalue weighted by Crippen LogP contribution is -2.09. The van der Waals surface area contributed by atoms with Gasteiger partial charge in [-0.1, -0.05) is 65.1 Å². The summed E-state index contributed by atoms with van der Waals surface area (Å²) < 4.78 is 1.51. The fourth-order valence-electron chi connectivity index (χ4n) is 2.69. The van der Waals surface area contributed by atoms with E-state index in [2.05, 4.69) is 20.3 Å². The van der Waals surface area contributed by atoms with Crippen molar-refractivity contribution in [1.29, 1.82) is 0 Å². The Bertz CT molecular complexity index is 1260. The van der Waals surface area contributed by atoms with Crippen molar-refractivity contribution in [3.63, 3.8) is 0 Å². The number of nitrogens with zero attached hydrogens (tertiary/aromatic N) is 4. The average Bonchev–Trinajstić information content (AvgIpc) is 2.96. The van der Waals surface area contributed by atoms with Gasteiger partial charge < -0.3 is 10.7 Å². The minimum Gasteiger partial charge on any atom is -0.380 e. The number of H-pyrrole nitrogens is 1. The third-order valence-electron chi connectivity index (χ3n) is 3.93. The van der Waals surface area contributed by atoms with Gasteiger partial charge in [0.2, 0.25) is 0 Å². The highest BCUT2D eigenvalue weighted by Gasteiger charge is 2.16. The summed E-state index contributed by atoms with van der Waals surface area (Å²) in [5, 5.41) is 13.3. The first-order valence-electron chi connectivity index (χ1n) is 7.97. The van der Waals surface area contributed by atoms with Crippen molar-refractivity contribution < 1.29 is 0 Å². The summed E-state index contributed by atoms with van der Waals surface area (Å²) >= 11 is 18.2. The summed E-state index contributed by atoms with van der Waals surface area (Å²) in [6.07, 6.45) is 0. The first-order valence-corrected chi connectivity index (χ1v) is 9.10. The second-order valence-electron chi connectivity index (χ2n) is 5.80. The minimum absolute atomic E-state index is 0.0870. The van der Waals surface area contributed by atoms with Gasteiger partial charge >= 0.3 is 0 Å². The molecule has 0 aliphatic carbocycles. The highest BCUT2D eigenvalue weighted by Crippen LogP contribution is 2.38. The quantitative estimate of drug-likeness (QED) is 0.408. The first-order chi connectivity index (χ1) is 13.4. The molecule has 10 heteroatoms. The van der Waals surface area contributed by atoms with Crippen LogP contribution in [0.15, 0.2) is 63.6 Å². The summed E-state index contributed by atoms with van der Waals surface area (Å²) in [6, 6.07) is 13.8. The molecule has 0 amide bonds. The SMILES string of the molecule is Nc1nn2c(-c3ccccc3)cc(=O)[nH]c2c1N=Nc1c(Cl)cc(Cl)cc1Cl. The fourth-order valence-corrected chi connectivity index (χ4v) is 3.59. The Morgan fingerprint density at radius 3 is 2.29 bits per heavy atom. The summed E-state index contributed by atoms with van der Waals surface area (Å²) in [4.78, 5) is 14.9. The lowest BCUT2D eigenvalue weighted by molar-refractivity contribution is 0.945. The number of hydrogen-bond acceptors (Lipinski definition) is 5. The molecule has 7 nitrogen and oxygen atoms in total. The van der Waals surface area contributed by atoms with E-state index in [-0.39, 0.29) is 32.8 Å². The third kappa shape index (κ3) is 3.35. The van der Waals surface area contributed by atoms with Crippen LogP contribution in [0.2, 0.25) is 15.1 Å². The number of rotatable bonds is 3. The molecular weight excluding hydrogens is 423 g/mol. The maximum atomic E-state index is 12.2. The Kier molecular flexibility index (Phi) is 4.80. The molecule has 2 aromatic carbocycles. The molecule has 0 spiro atoms. The fraction of sp³-hybridized carbons (Fsp3) is 0. The van der Waals surface area contributed by atoms with Crippen molar-refractivity contribution in [1.82, 2.24) is 14.6 Å². The van der Waals surface area contributed by atoms with Gasteiger partial charge in [0, 0.05) is 16.7 Å². The zero-order valence-electron chi connectivity index (χ0n) is 14.0. The van der Waals surface area contributed by atoms with Gasteiger partial charge in [-0.05, 0) is 12.1 Å². The Hall–Kier alpha value is -2.87. The van der Waals surface area contributed by atoms with Gasteiger partial charge in [-0.3, -0.25) is 4.79 Å². The number of anilines is 1. The molecule has 140 valence electrons. The largest absolute Gasteiger partial charge is 0.380 e. The number of nitrogens with one attached hydrogen (secondary N) is 1. The van der Waals surface area contributed by atoms with Crippen molar-refractivity contribution in [3.05, 3.63) is 74.0 Å². The van der Waals surface area contributed by atoms with Crippen LogP contribution in [0.1, 0.15) is 0 Å². The maximum Gasteiger partial charge on any atom is 0.251 e. The van der Waals surface area contributed by atoms with Gasteiger partial charge in [0.25, 0.3) is 5.56 Å². The van der Waals surface area contributed by atoms with Crippen molar-refractivity contribution in [2.75, 3.05) is 5.73 Å². The predicted molar refractivity (Wildman–Crippen MR) is 111 cm³/mol. The molecule has 0 unspecified atom stereocenters. The number of nitrogen functional groups attached to an aromatic ring is 1. The molecule has 4 aromatic rings. The van der Waals surface area contributed by atoms with Crippen LogP contribution in [0.5, 0.6) is 0 Å². The number of aromatic amines is 1. The normalized spacial score (nSPS) is 11.5. The Labute approximate surface area is 173 Å². The Balaban J connectivity index is 1.89. The topological polar surface area (TPSA) is 101 Å². The summed E-state index contributed by atoms with van der Waals surface area (Å²) in [7, 11) is 0. The Morgan fingerprint density at radius 1 is 0.964 bits per heavy atom. The zero-order chi connectivity index (χ0) is 19.8. The van der Waals surface area contributed by atoms with Gasteiger partial charge in [0.15, 0.2) is 17.2 Å². The zero-order valence-corrected chi connectivity index (χ0v) is 16.3. The number of benzene rings is 2. The molecule has 0 fully saturated rings. The summed E-state index contributed by atoms with van der Waals surface area (Å²) in [6.45, 7) is 0. The van der Waals surface area contributed by atoms with Crippen LogP contribution in [0.25, 0.3) is 16.9 Å². The molecule has 2 heterocycles. The van der Waals surface area contributed by atoms with Gasteiger partial charge in [-0.15, -0.1) is 15.3 Å². The molecule has 0 bridgehead atoms. The average molecular weight is 434 g/mol. The Morgan fingerprint density at radius 2 is 1.61 bits per heavy atom. The van der Waals surface area contributed by atoms with Crippen LogP contribution >= 0.6 is 34.8 Å². The van der Waals surface area contributed by atoms with Crippen LogP contribution in [0, 0.1) is 0 Å². The van der Waals surface area contributed by atoms with Gasteiger partial charge in [0.05, 0.1) is 15.7 Å². The summed E-state index contributed by atoms with van der Waals surface area (Å²) in [5.74, 6) is 0.0870. The molecule has 0 aliphatic rings. The van der Waals surface area contributed by atoms with E-state index in [9.17, 15) is 4.79 Å². The molecule has 0 saturated carbocycles. The van der Waals surface area contributed by atoms with Gasteiger partial charge in [-0.25, -0.2) is 4.52 Å². The van der Waals surface area contributed by atoms with Crippen LogP contribution in [-0.4, -0.2) is 14.6 Å². The highest BCUT2D eigenvalue weighted by molar-refractivity contribution is 6.41. The number of halogens is 3. The highest BCUT2D eigenvalue weighted by atomic mass is 35.5. The van der Waals surface area contributed by atoms with E-state index in [0.717, 1.165) is 5.56 Å². The van der Waals surface area contributed by atoms with Crippen LogP contribution in [0.4, 0.5) is 17.2 Å². The smallest absolute Gasteiger partial charge is 0.251 e. The van der Waals surface area contributed by atoms with Crippen LogP contribution < -0.4 is 11.3 Å².